The number of carbonyl (C=O) groups is 1. The molecule has 0 aromatic heterocycles. The highest BCUT2D eigenvalue weighted by Gasteiger charge is 2.14. The van der Waals surface area contributed by atoms with Crippen molar-refractivity contribution in [3.05, 3.63) is 68.3 Å². The van der Waals surface area contributed by atoms with Crippen LogP contribution in [0.5, 0.6) is 5.75 Å². The van der Waals surface area contributed by atoms with Gasteiger partial charge in [0.15, 0.2) is 5.75 Å². The number of rotatable bonds is 8. The number of nitro groups is 2. The molecule has 1 amide bonds. The monoisotopic (exact) mass is 359 g/mol. The van der Waals surface area contributed by atoms with Gasteiger partial charge in [-0.15, -0.1) is 0 Å². The van der Waals surface area contributed by atoms with Gasteiger partial charge in [-0.25, -0.2) is 0 Å². The summed E-state index contributed by atoms with van der Waals surface area (Å²) in [5, 5.41) is 24.3. The van der Waals surface area contributed by atoms with Crippen LogP contribution in [0.3, 0.4) is 0 Å². The average molecular weight is 359 g/mol. The largest absolute Gasteiger partial charge is 0.487 e. The van der Waals surface area contributed by atoms with Gasteiger partial charge in [-0.1, -0.05) is 18.2 Å². The lowest BCUT2D eigenvalue weighted by Crippen LogP contribution is -2.14. The summed E-state index contributed by atoms with van der Waals surface area (Å²) in [4.78, 5) is 32.6. The molecule has 2 aromatic rings. The molecule has 0 saturated heterocycles. The van der Waals surface area contributed by atoms with Crippen LogP contribution < -0.4 is 10.1 Å². The van der Waals surface area contributed by atoms with Crippen LogP contribution in [0, 0.1) is 27.2 Å². The Morgan fingerprint density at radius 1 is 1.12 bits per heavy atom. The van der Waals surface area contributed by atoms with Gasteiger partial charge in [0.25, 0.3) is 5.69 Å². The normalized spacial score (nSPS) is 10.2. The predicted molar refractivity (Wildman–Crippen MR) is 94.3 cm³/mol. The molecule has 0 atom stereocenters. The highest BCUT2D eigenvalue weighted by molar-refractivity contribution is 5.91. The summed E-state index contributed by atoms with van der Waals surface area (Å²) in [6.45, 7) is 1.86. The molecule has 26 heavy (non-hydrogen) atoms. The van der Waals surface area contributed by atoms with E-state index in [0.29, 0.717) is 17.7 Å². The van der Waals surface area contributed by atoms with Gasteiger partial charge in [0.2, 0.25) is 5.91 Å². The number of aryl methyl sites for hydroxylation is 1. The second-order valence-corrected chi connectivity index (χ2v) is 5.48. The van der Waals surface area contributed by atoms with Gasteiger partial charge >= 0.3 is 5.69 Å². The Hall–Kier alpha value is -3.49. The zero-order valence-electron chi connectivity index (χ0n) is 14.0. The van der Waals surface area contributed by atoms with Crippen LogP contribution in [0.4, 0.5) is 17.1 Å². The molecule has 0 fully saturated rings. The van der Waals surface area contributed by atoms with E-state index in [9.17, 15) is 25.0 Å². The number of anilines is 1. The van der Waals surface area contributed by atoms with Crippen molar-refractivity contribution in [3.63, 3.8) is 0 Å². The first kappa shape index (κ1) is 18.8. The van der Waals surface area contributed by atoms with Gasteiger partial charge in [-0.2, -0.15) is 0 Å². The van der Waals surface area contributed by atoms with E-state index in [1.54, 1.807) is 25.1 Å². The maximum atomic E-state index is 12.0. The minimum Gasteiger partial charge on any atom is -0.487 e. The number of nitrogens with zero attached hydrogens (tertiary/aromatic N) is 2. The Morgan fingerprint density at radius 3 is 2.54 bits per heavy atom. The van der Waals surface area contributed by atoms with Gasteiger partial charge in [0, 0.05) is 24.6 Å². The third kappa shape index (κ3) is 5.00. The molecular formula is C17H17N3O6. The molecule has 2 aromatic carbocycles. The van der Waals surface area contributed by atoms with Crippen LogP contribution in [0.25, 0.3) is 0 Å². The van der Waals surface area contributed by atoms with Crippen molar-refractivity contribution in [1.29, 1.82) is 0 Å². The molecule has 0 aliphatic rings. The van der Waals surface area contributed by atoms with Gasteiger partial charge in [0.1, 0.15) is 0 Å². The van der Waals surface area contributed by atoms with E-state index in [0.717, 1.165) is 0 Å². The second-order valence-electron chi connectivity index (χ2n) is 5.48. The van der Waals surface area contributed by atoms with E-state index < -0.39 is 9.85 Å². The van der Waals surface area contributed by atoms with Gasteiger partial charge in [-0.3, -0.25) is 25.0 Å². The zero-order valence-corrected chi connectivity index (χ0v) is 14.0. The highest BCUT2D eigenvalue weighted by atomic mass is 16.6. The number of hydrogen-bond donors (Lipinski definition) is 1. The van der Waals surface area contributed by atoms with Crippen molar-refractivity contribution in [2.75, 3.05) is 11.9 Å². The topological polar surface area (TPSA) is 125 Å². The van der Waals surface area contributed by atoms with Crippen LogP contribution in [0.15, 0.2) is 42.5 Å². The summed E-state index contributed by atoms with van der Waals surface area (Å²) in [6, 6.07) is 10.2. The fourth-order valence-electron chi connectivity index (χ4n) is 2.22. The average Bonchev–Trinajstić information content (AvgIpc) is 2.60. The van der Waals surface area contributed by atoms with E-state index in [2.05, 4.69) is 5.32 Å². The van der Waals surface area contributed by atoms with Gasteiger partial charge < -0.3 is 10.1 Å². The van der Waals surface area contributed by atoms with Crippen LogP contribution in [0.2, 0.25) is 0 Å². The molecule has 0 aliphatic heterocycles. The van der Waals surface area contributed by atoms with Crippen molar-refractivity contribution in [1.82, 2.24) is 0 Å². The predicted octanol–water partition coefficient (Wildman–Crippen LogP) is 3.61. The summed E-state index contributed by atoms with van der Waals surface area (Å²) in [5.74, 6) is -0.174. The fraction of sp³-hybridized carbons (Fsp3) is 0.235. The molecule has 0 aliphatic carbocycles. The maximum Gasteiger partial charge on any atom is 0.310 e. The first-order valence-electron chi connectivity index (χ1n) is 7.79. The van der Waals surface area contributed by atoms with Gasteiger partial charge in [-0.05, 0) is 25.0 Å². The molecule has 0 unspecified atom stereocenters. The number of nitro benzene ring substituents is 2. The first-order valence-corrected chi connectivity index (χ1v) is 7.79. The third-order valence-corrected chi connectivity index (χ3v) is 3.57. The van der Waals surface area contributed by atoms with Crippen LogP contribution >= 0.6 is 0 Å². The Bertz CT molecular complexity index is 837. The van der Waals surface area contributed by atoms with Crippen LogP contribution in [0.1, 0.15) is 18.4 Å². The standard InChI is InChI=1S/C17H17N3O6/c1-12-8-9-13(19(22)23)11-14(12)18-17(21)7-4-10-26-16-6-3-2-5-15(16)20(24)25/h2-3,5-6,8-9,11H,4,7,10H2,1H3,(H,18,21). The number of nitrogens with one attached hydrogen (secondary N) is 1. The van der Waals surface area contributed by atoms with Gasteiger partial charge in [0.05, 0.1) is 22.1 Å². The van der Waals surface area contributed by atoms with E-state index in [1.807, 2.05) is 0 Å². The molecule has 0 spiro atoms. The molecule has 0 saturated carbocycles. The Labute approximate surface area is 148 Å². The zero-order chi connectivity index (χ0) is 19.1. The number of para-hydroxylation sites is 2. The van der Waals surface area contributed by atoms with Crippen molar-refractivity contribution in [2.45, 2.75) is 19.8 Å². The van der Waals surface area contributed by atoms with Crippen LogP contribution in [-0.4, -0.2) is 22.4 Å². The molecule has 2 rings (SSSR count). The minimum atomic E-state index is -0.535. The van der Waals surface area contributed by atoms with E-state index in [1.165, 1.54) is 24.3 Å². The van der Waals surface area contributed by atoms with Crippen molar-refractivity contribution in [2.24, 2.45) is 0 Å². The number of carbonyl (C=O) groups excluding carboxylic acids is 1. The number of hydrogen-bond acceptors (Lipinski definition) is 6. The third-order valence-electron chi connectivity index (χ3n) is 3.57. The molecule has 0 bridgehead atoms. The lowest BCUT2D eigenvalue weighted by atomic mass is 10.1. The summed E-state index contributed by atoms with van der Waals surface area (Å²) in [5.41, 5.74) is 0.846. The molecule has 0 heterocycles. The van der Waals surface area contributed by atoms with Crippen LogP contribution in [-0.2, 0) is 4.79 Å². The second kappa shape index (κ2) is 8.56. The molecule has 136 valence electrons. The fourth-order valence-corrected chi connectivity index (χ4v) is 2.22. The van der Waals surface area contributed by atoms with Crippen molar-refractivity contribution < 1.29 is 19.4 Å². The van der Waals surface area contributed by atoms with E-state index in [-0.39, 0.29) is 36.1 Å². The van der Waals surface area contributed by atoms with E-state index in [4.69, 9.17) is 4.74 Å². The molecular weight excluding hydrogens is 342 g/mol. The lowest BCUT2D eigenvalue weighted by Gasteiger charge is -2.09. The number of amides is 1. The SMILES string of the molecule is Cc1ccc([N+](=O)[O-])cc1NC(=O)CCCOc1ccccc1[N+](=O)[O-]. The summed E-state index contributed by atoms with van der Waals surface area (Å²) in [7, 11) is 0. The summed E-state index contributed by atoms with van der Waals surface area (Å²) in [6.07, 6.45) is 0.453. The summed E-state index contributed by atoms with van der Waals surface area (Å²) < 4.78 is 5.36. The maximum absolute atomic E-state index is 12.0. The lowest BCUT2D eigenvalue weighted by molar-refractivity contribution is -0.385. The molecule has 1 N–H and O–H groups in total. The molecule has 9 heteroatoms. The van der Waals surface area contributed by atoms with Crippen molar-refractivity contribution >= 4 is 23.0 Å². The minimum absolute atomic E-state index is 0.106. The number of non-ortho nitro benzene ring substituents is 1. The summed E-state index contributed by atoms with van der Waals surface area (Å²) >= 11 is 0. The van der Waals surface area contributed by atoms with Crippen molar-refractivity contribution in [3.8, 4) is 5.75 Å². The quantitative estimate of drug-likeness (QED) is 0.436. The Morgan fingerprint density at radius 2 is 1.85 bits per heavy atom. The Kier molecular flexibility index (Phi) is 6.20. The first-order chi connectivity index (χ1) is 12.4. The Balaban J connectivity index is 1.86. The molecule has 0 radical (unpaired) electrons. The molecule has 9 nitrogen and oxygen atoms in total. The smallest absolute Gasteiger partial charge is 0.310 e. The number of ether oxygens (including phenoxy) is 1. The number of benzene rings is 2. The highest BCUT2D eigenvalue weighted by Crippen LogP contribution is 2.26. The van der Waals surface area contributed by atoms with E-state index >= 15 is 0 Å².